The second-order valence-electron chi connectivity index (χ2n) is 7.76. The second-order valence-corrected chi connectivity index (χ2v) is 10.9. The highest BCUT2D eigenvalue weighted by Crippen LogP contribution is 2.21. The Morgan fingerprint density at radius 2 is 1.89 bits per heavy atom. The summed E-state index contributed by atoms with van der Waals surface area (Å²) >= 11 is 7.28. The number of thiazole rings is 1. The zero-order valence-corrected chi connectivity index (χ0v) is 21.6. The topological polar surface area (TPSA) is 89.8 Å². The van der Waals surface area contributed by atoms with E-state index in [0.717, 1.165) is 15.8 Å². The normalized spacial score (nSPS) is 12.3. The fourth-order valence-corrected chi connectivity index (χ4v) is 5.81. The van der Waals surface area contributed by atoms with Crippen molar-refractivity contribution in [1.29, 1.82) is 0 Å². The Morgan fingerprint density at radius 3 is 2.63 bits per heavy atom. The molecule has 182 valence electrons. The average Bonchev–Trinajstić information content (AvgIpc) is 3.15. The molecule has 0 saturated heterocycles. The molecule has 3 aromatic carbocycles. The van der Waals surface area contributed by atoms with Crippen molar-refractivity contribution in [3.8, 4) is 0 Å². The Bertz CT molecular complexity index is 1540. The monoisotopic (exact) mass is 529 g/mol. The van der Waals surface area contributed by atoms with Crippen molar-refractivity contribution in [2.45, 2.75) is 25.3 Å². The van der Waals surface area contributed by atoms with Crippen LogP contribution >= 0.6 is 22.9 Å². The lowest BCUT2D eigenvalue weighted by Gasteiger charge is -2.09. The molecule has 1 aromatic heterocycles. The molecule has 4 aromatic rings. The van der Waals surface area contributed by atoms with Crippen molar-refractivity contribution < 1.29 is 17.9 Å². The summed E-state index contributed by atoms with van der Waals surface area (Å²) < 4.78 is 36.4. The molecule has 7 nitrogen and oxygen atoms in total. The maximum absolute atomic E-state index is 13.1. The van der Waals surface area contributed by atoms with Gasteiger partial charge in [-0.3, -0.25) is 9.52 Å². The van der Waals surface area contributed by atoms with Gasteiger partial charge in [0.15, 0.2) is 4.80 Å². The van der Waals surface area contributed by atoms with Gasteiger partial charge in [0.25, 0.3) is 15.9 Å². The predicted octanol–water partition coefficient (Wildman–Crippen LogP) is 5.24. The van der Waals surface area contributed by atoms with Gasteiger partial charge in [0.05, 0.1) is 21.7 Å². The Labute approximate surface area is 212 Å². The molecule has 10 heteroatoms. The Hall–Kier alpha value is -2.98. The number of rotatable bonds is 8. The number of sulfonamides is 1. The van der Waals surface area contributed by atoms with Crippen molar-refractivity contribution in [3.05, 3.63) is 87.7 Å². The van der Waals surface area contributed by atoms with Gasteiger partial charge in [0.2, 0.25) is 0 Å². The SMILES string of the molecule is CCOCCn1c(=NC(=O)c2cccc(NS(=O)(=O)c3ccc(Cl)cc3)c2)sc2cc(C)ccc21. The van der Waals surface area contributed by atoms with Crippen LogP contribution in [0.5, 0.6) is 0 Å². The largest absolute Gasteiger partial charge is 0.380 e. The number of nitrogens with one attached hydrogen (secondary N) is 1. The first-order valence-corrected chi connectivity index (χ1v) is 13.6. The number of halogens is 1. The Kier molecular flexibility index (Phi) is 7.71. The molecule has 1 N–H and O–H groups in total. The van der Waals surface area contributed by atoms with E-state index < -0.39 is 15.9 Å². The third kappa shape index (κ3) is 5.99. The average molecular weight is 530 g/mol. The van der Waals surface area contributed by atoms with E-state index in [2.05, 4.69) is 15.8 Å². The number of amides is 1. The minimum absolute atomic E-state index is 0.0687. The Morgan fingerprint density at radius 1 is 1.11 bits per heavy atom. The van der Waals surface area contributed by atoms with Gasteiger partial charge < -0.3 is 9.30 Å². The maximum atomic E-state index is 13.1. The fourth-order valence-electron chi connectivity index (χ4n) is 3.48. The van der Waals surface area contributed by atoms with Crippen LogP contribution in [0.25, 0.3) is 10.2 Å². The lowest BCUT2D eigenvalue weighted by Crippen LogP contribution is -2.20. The number of anilines is 1. The highest BCUT2D eigenvalue weighted by atomic mass is 35.5. The lowest BCUT2D eigenvalue weighted by atomic mass is 10.2. The van der Waals surface area contributed by atoms with E-state index >= 15 is 0 Å². The summed E-state index contributed by atoms with van der Waals surface area (Å²) in [5.41, 5.74) is 2.63. The van der Waals surface area contributed by atoms with Crippen LogP contribution in [0.1, 0.15) is 22.8 Å². The zero-order valence-electron chi connectivity index (χ0n) is 19.2. The molecule has 0 aliphatic carbocycles. The molecular formula is C25H24ClN3O4S2. The van der Waals surface area contributed by atoms with Gasteiger partial charge >= 0.3 is 0 Å². The van der Waals surface area contributed by atoms with Crippen LogP contribution in [-0.4, -0.2) is 32.1 Å². The van der Waals surface area contributed by atoms with Crippen LogP contribution in [0.15, 0.2) is 76.6 Å². The number of carbonyl (C=O) groups excluding carboxylic acids is 1. The van der Waals surface area contributed by atoms with Crippen LogP contribution in [0.3, 0.4) is 0 Å². The molecule has 0 bridgehead atoms. The molecule has 0 aliphatic rings. The minimum atomic E-state index is -3.84. The van der Waals surface area contributed by atoms with Gasteiger partial charge in [-0.1, -0.05) is 35.1 Å². The summed E-state index contributed by atoms with van der Waals surface area (Å²) in [5.74, 6) is -0.467. The lowest BCUT2D eigenvalue weighted by molar-refractivity contribution is 0.0996. The third-order valence-electron chi connectivity index (χ3n) is 5.18. The van der Waals surface area contributed by atoms with E-state index in [4.69, 9.17) is 16.3 Å². The molecule has 0 spiro atoms. The number of aromatic nitrogens is 1. The standard InChI is InChI=1S/C25H24ClN3O4S2/c1-3-33-14-13-29-22-12-7-17(2)15-23(22)34-25(29)27-24(30)18-5-4-6-20(16-18)28-35(31,32)21-10-8-19(26)9-11-21/h4-12,15-16,28H,3,13-14H2,1-2H3. The molecule has 0 unspecified atom stereocenters. The molecule has 4 rings (SSSR count). The molecule has 0 fully saturated rings. The zero-order chi connectivity index (χ0) is 25.0. The maximum Gasteiger partial charge on any atom is 0.279 e. The van der Waals surface area contributed by atoms with Gasteiger partial charge in [-0.25, -0.2) is 8.42 Å². The number of fused-ring (bicyclic) bond motifs is 1. The van der Waals surface area contributed by atoms with Crippen molar-refractivity contribution in [1.82, 2.24) is 4.57 Å². The first kappa shape index (κ1) is 25.1. The molecule has 1 heterocycles. The highest BCUT2D eigenvalue weighted by molar-refractivity contribution is 7.92. The van der Waals surface area contributed by atoms with Crippen molar-refractivity contribution >= 4 is 54.8 Å². The van der Waals surface area contributed by atoms with Gasteiger partial charge in [-0.2, -0.15) is 4.99 Å². The number of carbonyl (C=O) groups is 1. The van der Waals surface area contributed by atoms with Crippen LogP contribution in [0.4, 0.5) is 5.69 Å². The Balaban J connectivity index is 1.65. The summed E-state index contributed by atoms with van der Waals surface area (Å²) in [6, 6.07) is 18.2. The minimum Gasteiger partial charge on any atom is -0.380 e. The predicted molar refractivity (Wildman–Crippen MR) is 140 cm³/mol. The van der Waals surface area contributed by atoms with E-state index in [0.29, 0.717) is 29.6 Å². The molecule has 35 heavy (non-hydrogen) atoms. The number of nitrogens with zero attached hydrogens (tertiary/aromatic N) is 2. The number of hydrogen-bond donors (Lipinski definition) is 1. The van der Waals surface area contributed by atoms with Gasteiger partial charge in [-0.15, -0.1) is 0 Å². The van der Waals surface area contributed by atoms with Gasteiger partial charge in [0, 0.05) is 29.4 Å². The number of aryl methyl sites for hydroxylation is 1. The molecular weight excluding hydrogens is 506 g/mol. The third-order valence-corrected chi connectivity index (χ3v) is 7.87. The molecule has 1 amide bonds. The number of ether oxygens (including phenoxy) is 1. The first-order valence-electron chi connectivity index (χ1n) is 10.9. The first-order chi connectivity index (χ1) is 16.8. The van der Waals surface area contributed by atoms with Crippen molar-refractivity contribution in [2.24, 2.45) is 4.99 Å². The van der Waals surface area contributed by atoms with Gasteiger partial charge in [0.1, 0.15) is 0 Å². The van der Waals surface area contributed by atoms with E-state index in [1.807, 2.05) is 30.5 Å². The van der Waals surface area contributed by atoms with E-state index in [9.17, 15) is 13.2 Å². The van der Waals surface area contributed by atoms with E-state index in [-0.39, 0.29) is 16.1 Å². The molecule has 0 aliphatic heterocycles. The van der Waals surface area contributed by atoms with Crippen molar-refractivity contribution in [2.75, 3.05) is 17.9 Å². The highest BCUT2D eigenvalue weighted by Gasteiger charge is 2.15. The quantitative estimate of drug-likeness (QED) is 0.316. The van der Waals surface area contributed by atoms with Gasteiger partial charge in [-0.05, 0) is 74.0 Å². The molecule has 0 saturated carbocycles. The van der Waals surface area contributed by atoms with Crippen LogP contribution in [0, 0.1) is 6.92 Å². The smallest absolute Gasteiger partial charge is 0.279 e. The molecule has 0 radical (unpaired) electrons. The number of benzene rings is 3. The van der Waals surface area contributed by atoms with Crippen molar-refractivity contribution in [3.63, 3.8) is 0 Å². The van der Waals surface area contributed by atoms with Crippen LogP contribution < -0.4 is 9.52 Å². The fraction of sp³-hybridized carbons (Fsp3) is 0.200. The second kappa shape index (κ2) is 10.7. The van der Waals surface area contributed by atoms with E-state index in [1.165, 1.54) is 41.7 Å². The number of hydrogen-bond acceptors (Lipinski definition) is 5. The van der Waals surface area contributed by atoms with Crippen LogP contribution in [0.2, 0.25) is 5.02 Å². The summed E-state index contributed by atoms with van der Waals surface area (Å²) in [5, 5.41) is 0.438. The summed E-state index contributed by atoms with van der Waals surface area (Å²) in [7, 11) is -3.84. The summed E-state index contributed by atoms with van der Waals surface area (Å²) in [4.78, 5) is 18.1. The molecule has 0 atom stereocenters. The summed E-state index contributed by atoms with van der Waals surface area (Å²) in [6.45, 7) is 5.61. The summed E-state index contributed by atoms with van der Waals surface area (Å²) in [6.07, 6.45) is 0. The van der Waals surface area contributed by atoms with E-state index in [1.54, 1.807) is 18.2 Å². The van der Waals surface area contributed by atoms with Crippen LogP contribution in [-0.2, 0) is 21.3 Å².